The van der Waals surface area contributed by atoms with Crippen molar-refractivity contribution in [3.05, 3.63) is 28.5 Å². The van der Waals surface area contributed by atoms with Gasteiger partial charge in [-0.25, -0.2) is 17.5 Å². The minimum absolute atomic E-state index is 0.00581. The van der Waals surface area contributed by atoms with Gasteiger partial charge in [0.2, 0.25) is 10.0 Å². The molecule has 0 radical (unpaired) electrons. The minimum atomic E-state index is -3.86. The summed E-state index contributed by atoms with van der Waals surface area (Å²) in [7, 11) is -3.86. The number of benzene rings is 1. The van der Waals surface area contributed by atoms with Crippen LogP contribution in [0.2, 0.25) is 0 Å². The van der Waals surface area contributed by atoms with Crippen molar-refractivity contribution in [2.45, 2.75) is 18.2 Å². The van der Waals surface area contributed by atoms with Crippen molar-refractivity contribution in [2.75, 3.05) is 13.2 Å². The van der Waals surface area contributed by atoms with Crippen molar-refractivity contribution in [3.63, 3.8) is 0 Å². The average molecular weight is 340 g/mol. The van der Waals surface area contributed by atoms with Crippen LogP contribution in [0.15, 0.2) is 27.6 Å². The Morgan fingerprint density at radius 3 is 2.78 bits per heavy atom. The van der Waals surface area contributed by atoms with Crippen molar-refractivity contribution in [2.24, 2.45) is 5.92 Å². The first-order chi connectivity index (χ1) is 8.36. The zero-order valence-electron chi connectivity index (χ0n) is 9.86. The molecule has 1 atom stereocenters. The Bertz CT molecular complexity index is 507. The Morgan fingerprint density at radius 1 is 1.50 bits per heavy atom. The number of hydrogen-bond acceptors (Lipinski definition) is 3. The molecule has 1 aromatic carbocycles. The normalized spacial score (nSPS) is 13.6. The van der Waals surface area contributed by atoms with Crippen LogP contribution in [0.4, 0.5) is 4.39 Å². The van der Waals surface area contributed by atoms with E-state index in [-0.39, 0.29) is 24.0 Å². The van der Waals surface area contributed by atoms with Gasteiger partial charge in [-0.2, -0.15) is 0 Å². The van der Waals surface area contributed by atoms with E-state index in [0.29, 0.717) is 10.9 Å². The molecular weight excluding hydrogens is 325 g/mol. The predicted molar refractivity (Wildman–Crippen MR) is 70.2 cm³/mol. The summed E-state index contributed by atoms with van der Waals surface area (Å²) < 4.78 is 40.0. The van der Waals surface area contributed by atoms with Gasteiger partial charge in [0, 0.05) is 17.6 Å². The van der Waals surface area contributed by atoms with Gasteiger partial charge in [0.15, 0.2) is 0 Å². The van der Waals surface area contributed by atoms with Crippen LogP contribution in [0.1, 0.15) is 13.3 Å². The second-order valence-electron chi connectivity index (χ2n) is 4.04. The first kappa shape index (κ1) is 15.6. The highest BCUT2D eigenvalue weighted by Gasteiger charge is 2.19. The number of nitrogens with one attached hydrogen (secondary N) is 1. The monoisotopic (exact) mass is 339 g/mol. The molecule has 7 heteroatoms. The van der Waals surface area contributed by atoms with E-state index in [1.165, 1.54) is 12.1 Å². The standard InChI is InChI=1S/C11H15BrFNO3S/c1-8(4-5-15)7-14-18(16,17)11-6-9(12)2-3-10(11)13/h2-3,6,8,14-15H,4-5,7H2,1H3. The summed E-state index contributed by atoms with van der Waals surface area (Å²) in [5.41, 5.74) is 0. The van der Waals surface area contributed by atoms with Gasteiger partial charge in [0.25, 0.3) is 0 Å². The van der Waals surface area contributed by atoms with Crippen LogP contribution in [0.3, 0.4) is 0 Å². The molecule has 4 nitrogen and oxygen atoms in total. The highest BCUT2D eigenvalue weighted by atomic mass is 79.9. The van der Waals surface area contributed by atoms with Gasteiger partial charge >= 0.3 is 0 Å². The molecule has 102 valence electrons. The third-order valence-corrected chi connectivity index (χ3v) is 4.36. The second kappa shape index (κ2) is 6.60. The molecule has 0 aliphatic rings. The molecule has 1 rings (SSSR count). The second-order valence-corrected chi connectivity index (χ2v) is 6.70. The SMILES string of the molecule is CC(CCO)CNS(=O)(=O)c1cc(Br)ccc1F. The topological polar surface area (TPSA) is 66.4 Å². The fraction of sp³-hybridized carbons (Fsp3) is 0.455. The Labute approximate surface area is 114 Å². The summed E-state index contributed by atoms with van der Waals surface area (Å²) in [6, 6.07) is 3.74. The fourth-order valence-corrected chi connectivity index (χ4v) is 3.11. The molecule has 0 aromatic heterocycles. The largest absolute Gasteiger partial charge is 0.396 e. The maximum Gasteiger partial charge on any atom is 0.243 e. The molecule has 0 spiro atoms. The van der Waals surface area contributed by atoms with Crippen LogP contribution in [0, 0.1) is 11.7 Å². The summed E-state index contributed by atoms with van der Waals surface area (Å²) in [5.74, 6) is -0.805. The molecule has 0 bridgehead atoms. The molecule has 0 heterocycles. The van der Waals surface area contributed by atoms with Gasteiger partial charge in [-0.15, -0.1) is 0 Å². The lowest BCUT2D eigenvalue weighted by Crippen LogP contribution is -2.29. The van der Waals surface area contributed by atoms with E-state index in [1.54, 1.807) is 6.92 Å². The van der Waals surface area contributed by atoms with Crippen LogP contribution in [0.25, 0.3) is 0 Å². The summed E-state index contributed by atoms with van der Waals surface area (Å²) in [4.78, 5) is -0.381. The third-order valence-electron chi connectivity index (χ3n) is 2.43. The average Bonchev–Trinajstić information content (AvgIpc) is 2.30. The molecule has 2 N–H and O–H groups in total. The lowest BCUT2D eigenvalue weighted by Gasteiger charge is -2.12. The van der Waals surface area contributed by atoms with E-state index in [0.717, 1.165) is 6.07 Å². The van der Waals surface area contributed by atoms with Gasteiger partial charge in [-0.3, -0.25) is 0 Å². The molecule has 0 aliphatic carbocycles. The summed E-state index contributed by atoms with van der Waals surface area (Å²) in [6.07, 6.45) is 0.490. The van der Waals surface area contributed by atoms with Gasteiger partial charge in [0.05, 0.1) is 0 Å². The fourth-order valence-electron chi connectivity index (χ4n) is 1.34. The van der Waals surface area contributed by atoms with Crippen LogP contribution < -0.4 is 4.72 Å². The molecule has 0 amide bonds. The van der Waals surface area contributed by atoms with E-state index in [9.17, 15) is 12.8 Å². The van der Waals surface area contributed by atoms with Crippen molar-refractivity contribution >= 4 is 26.0 Å². The van der Waals surface area contributed by atoms with Crippen LogP contribution in [0.5, 0.6) is 0 Å². The zero-order valence-corrected chi connectivity index (χ0v) is 12.3. The number of hydrogen-bond donors (Lipinski definition) is 2. The lowest BCUT2D eigenvalue weighted by atomic mass is 10.1. The van der Waals surface area contributed by atoms with Crippen molar-refractivity contribution < 1.29 is 17.9 Å². The van der Waals surface area contributed by atoms with Crippen LogP contribution >= 0.6 is 15.9 Å². The summed E-state index contributed by atoms with van der Waals surface area (Å²) in [5, 5.41) is 8.72. The summed E-state index contributed by atoms with van der Waals surface area (Å²) >= 11 is 3.10. The van der Waals surface area contributed by atoms with E-state index in [1.807, 2.05) is 0 Å². The first-order valence-electron chi connectivity index (χ1n) is 5.42. The molecule has 1 aromatic rings. The number of rotatable bonds is 6. The molecule has 0 saturated heterocycles. The number of sulfonamides is 1. The van der Waals surface area contributed by atoms with Crippen LogP contribution in [-0.2, 0) is 10.0 Å². The smallest absolute Gasteiger partial charge is 0.243 e. The predicted octanol–water partition coefficient (Wildman–Crippen LogP) is 1.89. The Morgan fingerprint density at radius 2 is 2.17 bits per heavy atom. The van der Waals surface area contributed by atoms with E-state index >= 15 is 0 Å². The van der Waals surface area contributed by atoms with Gasteiger partial charge in [-0.1, -0.05) is 22.9 Å². The molecule has 0 fully saturated rings. The lowest BCUT2D eigenvalue weighted by molar-refractivity contribution is 0.263. The molecule has 0 aliphatic heterocycles. The Balaban J connectivity index is 2.83. The number of aliphatic hydroxyl groups is 1. The minimum Gasteiger partial charge on any atom is -0.396 e. The molecule has 0 saturated carbocycles. The van der Waals surface area contributed by atoms with E-state index in [4.69, 9.17) is 5.11 Å². The molecular formula is C11H15BrFNO3S. The molecule has 18 heavy (non-hydrogen) atoms. The van der Waals surface area contributed by atoms with Gasteiger partial charge in [0.1, 0.15) is 10.7 Å². The quantitative estimate of drug-likeness (QED) is 0.831. The highest BCUT2D eigenvalue weighted by Crippen LogP contribution is 2.20. The van der Waals surface area contributed by atoms with Crippen molar-refractivity contribution in [1.29, 1.82) is 0 Å². The zero-order chi connectivity index (χ0) is 13.8. The van der Waals surface area contributed by atoms with E-state index < -0.39 is 15.8 Å². The third kappa shape index (κ3) is 4.31. The first-order valence-corrected chi connectivity index (χ1v) is 7.70. The number of halogens is 2. The van der Waals surface area contributed by atoms with E-state index in [2.05, 4.69) is 20.7 Å². The van der Waals surface area contributed by atoms with Crippen LogP contribution in [-0.4, -0.2) is 26.7 Å². The maximum absolute atomic E-state index is 13.5. The highest BCUT2D eigenvalue weighted by molar-refractivity contribution is 9.10. The van der Waals surface area contributed by atoms with Crippen molar-refractivity contribution in [3.8, 4) is 0 Å². The van der Waals surface area contributed by atoms with Gasteiger partial charge in [-0.05, 0) is 30.5 Å². The summed E-state index contributed by atoms with van der Waals surface area (Å²) in [6.45, 7) is 1.96. The maximum atomic E-state index is 13.5. The molecule has 1 unspecified atom stereocenters. The number of aliphatic hydroxyl groups excluding tert-OH is 1. The Kier molecular flexibility index (Phi) is 5.71. The Hall–Kier alpha value is -0.500. The van der Waals surface area contributed by atoms with Crippen molar-refractivity contribution in [1.82, 2.24) is 4.72 Å². The van der Waals surface area contributed by atoms with Gasteiger partial charge < -0.3 is 5.11 Å².